The summed E-state index contributed by atoms with van der Waals surface area (Å²) in [7, 11) is 0. The first kappa shape index (κ1) is 15.9. The number of allylic oxidation sites excluding steroid dienone is 7. The topological polar surface area (TPSA) is 0 Å². The molecule has 3 unspecified atom stereocenters. The van der Waals surface area contributed by atoms with Crippen LogP contribution in [0.15, 0.2) is 47.9 Å². The lowest BCUT2D eigenvalue weighted by Gasteiger charge is -2.57. The molecule has 0 aromatic carbocycles. The third kappa shape index (κ3) is 2.61. The van der Waals surface area contributed by atoms with E-state index in [4.69, 9.17) is 0 Å². The molecule has 1 fully saturated rings. The molecular weight excluding hydrogens is 235 g/mol. The molecular formula is C18H27F. The van der Waals surface area contributed by atoms with Crippen molar-refractivity contribution in [3.05, 3.63) is 47.9 Å². The molecule has 0 heterocycles. The van der Waals surface area contributed by atoms with Gasteiger partial charge in [-0.3, -0.25) is 0 Å². The summed E-state index contributed by atoms with van der Waals surface area (Å²) in [6.07, 6.45) is 9.82. The SMILES string of the molecule is C=C1C(C)C(CC)C1(CC)C(/C=C\C)=C/C=C(\C)F. The van der Waals surface area contributed by atoms with Gasteiger partial charge in [-0.15, -0.1) is 0 Å². The highest BCUT2D eigenvalue weighted by Crippen LogP contribution is 2.62. The van der Waals surface area contributed by atoms with Gasteiger partial charge in [0.25, 0.3) is 0 Å². The summed E-state index contributed by atoms with van der Waals surface area (Å²) in [5, 5.41) is 0. The van der Waals surface area contributed by atoms with Gasteiger partial charge in [0.05, 0.1) is 5.83 Å². The Balaban J connectivity index is 3.28. The summed E-state index contributed by atoms with van der Waals surface area (Å²) >= 11 is 0. The van der Waals surface area contributed by atoms with Crippen LogP contribution in [0.1, 0.15) is 47.5 Å². The van der Waals surface area contributed by atoms with E-state index in [1.54, 1.807) is 6.08 Å². The van der Waals surface area contributed by atoms with Crippen LogP contribution in [0.5, 0.6) is 0 Å². The summed E-state index contributed by atoms with van der Waals surface area (Å²) < 4.78 is 13.0. The van der Waals surface area contributed by atoms with Gasteiger partial charge < -0.3 is 0 Å². The lowest BCUT2D eigenvalue weighted by molar-refractivity contribution is 0.0891. The molecule has 0 aromatic rings. The van der Waals surface area contributed by atoms with Gasteiger partial charge in [0.15, 0.2) is 0 Å². The minimum atomic E-state index is -0.153. The second kappa shape index (κ2) is 6.36. The summed E-state index contributed by atoms with van der Waals surface area (Å²) in [4.78, 5) is 0. The van der Waals surface area contributed by atoms with Gasteiger partial charge in [-0.1, -0.05) is 57.6 Å². The van der Waals surface area contributed by atoms with Gasteiger partial charge in [0.2, 0.25) is 0 Å². The van der Waals surface area contributed by atoms with E-state index in [9.17, 15) is 4.39 Å². The van der Waals surface area contributed by atoms with Crippen LogP contribution >= 0.6 is 0 Å². The molecule has 0 radical (unpaired) electrons. The number of rotatable bonds is 5. The fraction of sp³-hybridized carbons (Fsp3) is 0.556. The zero-order valence-electron chi connectivity index (χ0n) is 13.0. The predicted molar refractivity (Wildman–Crippen MR) is 82.6 cm³/mol. The predicted octanol–water partition coefficient (Wildman–Crippen LogP) is 5.99. The van der Waals surface area contributed by atoms with Gasteiger partial charge in [-0.25, -0.2) is 4.39 Å². The van der Waals surface area contributed by atoms with Crippen LogP contribution < -0.4 is 0 Å². The van der Waals surface area contributed by atoms with E-state index in [-0.39, 0.29) is 11.2 Å². The zero-order valence-corrected chi connectivity index (χ0v) is 13.0. The lowest BCUT2D eigenvalue weighted by Crippen LogP contribution is -2.49. The standard InChI is InChI=1S/C18H27F/c1-7-10-16(12-11-13(4)19)18(9-3)15(6)14(5)17(18)8-2/h7,10-12,14,17H,6,8-9H2,1-5H3/b10-7-,13-11+,16-12+. The molecule has 0 spiro atoms. The Morgan fingerprint density at radius 3 is 2.42 bits per heavy atom. The first-order chi connectivity index (χ1) is 8.95. The molecule has 0 aromatic heterocycles. The van der Waals surface area contributed by atoms with E-state index in [0.717, 1.165) is 12.8 Å². The number of hydrogen-bond donors (Lipinski definition) is 0. The van der Waals surface area contributed by atoms with Crippen molar-refractivity contribution in [1.82, 2.24) is 0 Å². The highest BCUT2D eigenvalue weighted by atomic mass is 19.1. The molecule has 0 amide bonds. The van der Waals surface area contributed by atoms with E-state index in [1.165, 1.54) is 18.1 Å². The van der Waals surface area contributed by atoms with Crippen molar-refractivity contribution in [1.29, 1.82) is 0 Å². The van der Waals surface area contributed by atoms with Crippen LogP contribution in [-0.2, 0) is 0 Å². The molecule has 0 N–H and O–H groups in total. The first-order valence-electron chi connectivity index (χ1n) is 7.32. The Bertz CT molecular complexity index is 421. The van der Waals surface area contributed by atoms with Gasteiger partial charge in [-0.2, -0.15) is 0 Å². The molecule has 0 saturated heterocycles. The van der Waals surface area contributed by atoms with E-state index in [1.807, 2.05) is 19.1 Å². The van der Waals surface area contributed by atoms with Crippen LogP contribution in [-0.4, -0.2) is 0 Å². The van der Waals surface area contributed by atoms with Crippen LogP contribution in [0.25, 0.3) is 0 Å². The molecule has 1 saturated carbocycles. The maximum Gasteiger partial charge on any atom is 0.0968 e. The molecule has 3 atom stereocenters. The Hall–Kier alpha value is -1.11. The Labute approximate surface area is 117 Å². The average molecular weight is 262 g/mol. The minimum Gasteiger partial charge on any atom is -0.212 e. The Morgan fingerprint density at radius 1 is 1.37 bits per heavy atom. The maximum atomic E-state index is 13.0. The van der Waals surface area contributed by atoms with E-state index >= 15 is 0 Å². The Kier molecular flexibility index (Phi) is 5.34. The summed E-state index contributed by atoms with van der Waals surface area (Å²) in [6, 6.07) is 0. The maximum absolute atomic E-state index is 13.0. The first-order valence-corrected chi connectivity index (χ1v) is 7.32. The van der Waals surface area contributed by atoms with Gasteiger partial charge >= 0.3 is 0 Å². The molecule has 19 heavy (non-hydrogen) atoms. The van der Waals surface area contributed by atoms with E-state index < -0.39 is 0 Å². The highest BCUT2D eigenvalue weighted by molar-refractivity contribution is 5.45. The van der Waals surface area contributed by atoms with Gasteiger partial charge in [0, 0.05) is 5.41 Å². The van der Waals surface area contributed by atoms with Crippen molar-refractivity contribution >= 4 is 0 Å². The number of halogens is 1. The van der Waals surface area contributed by atoms with Crippen molar-refractivity contribution < 1.29 is 4.39 Å². The molecule has 1 aliphatic rings. The fourth-order valence-corrected chi connectivity index (χ4v) is 3.75. The van der Waals surface area contributed by atoms with Crippen LogP contribution in [0, 0.1) is 17.3 Å². The molecule has 1 rings (SSSR count). The molecule has 0 aliphatic heterocycles. The summed E-state index contributed by atoms with van der Waals surface area (Å²) in [5.74, 6) is 1.02. The lowest BCUT2D eigenvalue weighted by atomic mass is 9.46. The third-order valence-corrected chi connectivity index (χ3v) is 4.71. The van der Waals surface area contributed by atoms with Crippen molar-refractivity contribution in [2.75, 3.05) is 0 Å². The summed E-state index contributed by atoms with van der Waals surface area (Å²) in [5.41, 5.74) is 2.53. The monoisotopic (exact) mass is 262 g/mol. The molecule has 0 nitrogen and oxygen atoms in total. The number of hydrogen-bond acceptors (Lipinski definition) is 0. The van der Waals surface area contributed by atoms with E-state index in [2.05, 4.69) is 33.4 Å². The van der Waals surface area contributed by atoms with Gasteiger partial charge in [0.1, 0.15) is 0 Å². The van der Waals surface area contributed by atoms with Crippen molar-refractivity contribution in [2.45, 2.75) is 47.5 Å². The van der Waals surface area contributed by atoms with Crippen LogP contribution in [0.2, 0.25) is 0 Å². The van der Waals surface area contributed by atoms with Crippen molar-refractivity contribution in [3.8, 4) is 0 Å². The second-order valence-electron chi connectivity index (χ2n) is 5.53. The molecule has 0 bridgehead atoms. The molecule has 1 heteroatoms. The highest BCUT2D eigenvalue weighted by Gasteiger charge is 2.53. The largest absolute Gasteiger partial charge is 0.212 e. The third-order valence-electron chi connectivity index (χ3n) is 4.71. The van der Waals surface area contributed by atoms with Crippen LogP contribution in [0.3, 0.4) is 0 Å². The smallest absolute Gasteiger partial charge is 0.0968 e. The van der Waals surface area contributed by atoms with Gasteiger partial charge in [-0.05, 0) is 43.8 Å². The second-order valence-corrected chi connectivity index (χ2v) is 5.53. The quantitative estimate of drug-likeness (QED) is 0.421. The summed E-state index contributed by atoms with van der Waals surface area (Å²) in [6.45, 7) is 14.5. The van der Waals surface area contributed by atoms with Crippen molar-refractivity contribution in [3.63, 3.8) is 0 Å². The minimum absolute atomic E-state index is 0.0344. The fourth-order valence-electron chi connectivity index (χ4n) is 3.75. The normalized spacial score (nSPS) is 32.8. The molecule has 106 valence electrons. The molecule has 1 aliphatic carbocycles. The van der Waals surface area contributed by atoms with Crippen molar-refractivity contribution in [2.24, 2.45) is 17.3 Å². The zero-order chi connectivity index (χ0) is 14.6. The van der Waals surface area contributed by atoms with Crippen LogP contribution in [0.4, 0.5) is 4.39 Å². The average Bonchev–Trinajstić information content (AvgIpc) is 2.39. The Morgan fingerprint density at radius 2 is 2.00 bits per heavy atom. The van der Waals surface area contributed by atoms with E-state index in [0.29, 0.717) is 11.8 Å².